The Hall–Kier alpha value is -1.83. The number of carboxylic acid groups (broad SMARTS) is 1. The number of methoxy groups -OCH3 is 2. The highest BCUT2D eigenvalue weighted by Gasteiger charge is 2.14. The molecule has 1 aromatic carbocycles. The predicted molar refractivity (Wildman–Crippen MR) is 74.2 cm³/mol. The van der Waals surface area contributed by atoms with Crippen LogP contribution in [0.5, 0.6) is 11.5 Å². The maximum atomic E-state index is 11.1. The summed E-state index contributed by atoms with van der Waals surface area (Å²) >= 11 is 0. The zero-order valence-electron chi connectivity index (χ0n) is 12.1. The van der Waals surface area contributed by atoms with Crippen LogP contribution in [0.25, 0.3) is 0 Å². The third-order valence-corrected chi connectivity index (χ3v) is 2.59. The lowest BCUT2D eigenvalue weighted by atomic mass is 10.2. The maximum absolute atomic E-state index is 11.1. The fourth-order valence-electron chi connectivity index (χ4n) is 1.52. The SMILES string of the molecule is COCCOCC(O)COc1ccc(OC)cc1C(=O)O. The van der Waals surface area contributed by atoms with E-state index in [-0.39, 0.29) is 24.5 Å². The summed E-state index contributed by atoms with van der Waals surface area (Å²) in [7, 11) is 3.00. The third kappa shape index (κ3) is 5.99. The summed E-state index contributed by atoms with van der Waals surface area (Å²) in [5.41, 5.74) is -0.0261. The molecule has 0 saturated carbocycles. The van der Waals surface area contributed by atoms with Gasteiger partial charge in [-0.25, -0.2) is 4.79 Å². The van der Waals surface area contributed by atoms with Gasteiger partial charge in [0.15, 0.2) is 0 Å². The smallest absolute Gasteiger partial charge is 0.339 e. The van der Waals surface area contributed by atoms with Crippen molar-refractivity contribution in [1.29, 1.82) is 0 Å². The number of carboxylic acids is 1. The zero-order chi connectivity index (χ0) is 15.7. The monoisotopic (exact) mass is 300 g/mol. The number of aromatic carboxylic acids is 1. The van der Waals surface area contributed by atoms with Crippen molar-refractivity contribution >= 4 is 5.97 Å². The van der Waals surface area contributed by atoms with Crippen LogP contribution >= 0.6 is 0 Å². The van der Waals surface area contributed by atoms with E-state index in [1.165, 1.54) is 19.2 Å². The standard InChI is InChI=1S/C14H20O7/c1-18-5-6-20-8-10(15)9-21-13-4-3-11(19-2)7-12(13)14(16)17/h3-4,7,10,15H,5-6,8-9H2,1-2H3,(H,16,17). The molecule has 0 aromatic heterocycles. The Morgan fingerprint density at radius 3 is 2.62 bits per heavy atom. The minimum absolute atomic E-state index is 0.0261. The Bertz CT molecular complexity index is 447. The molecule has 0 aliphatic rings. The number of aliphatic hydroxyl groups is 1. The van der Waals surface area contributed by atoms with Crippen molar-refractivity contribution in [2.24, 2.45) is 0 Å². The summed E-state index contributed by atoms with van der Waals surface area (Å²) < 4.78 is 20.2. The Kier molecular flexibility index (Phi) is 7.52. The van der Waals surface area contributed by atoms with Crippen LogP contribution in [0, 0.1) is 0 Å². The van der Waals surface area contributed by atoms with Gasteiger partial charge in [0.2, 0.25) is 0 Å². The van der Waals surface area contributed by atoms with Crippen molar-refractivity contribution in [2.45, 2.75) is 6.10 Å². The van der Waals surface area contributed by atoms with Crippen LogP contribution in [0.3, 0.4) is 0 Å². The van der Waals surface area contributed by atoms with Crippen LogP contribution in [0.4, 0.5) is 0 Å². The van der Waals surface area contributed by atoms with E-state index in [9.17, 15) is 9.90 Å². The molecular weight excluding hydrogens is 280 g/mol. The summed E-state index contributed by atoms with van der Waals surface area (Å²) in [6, 6.07) is 4.43. The number of benzene rings is 1. The second-order valence-corrected chi connectivity index (χ2v) is 4.20. The lowest BCUT2D eigenvalue weighted by Crippen LogP contribution is -2.24. The molecule has 1 atom stereocenters. The predicted octanol–water partition coefficient (Wildman–Crippen LogP) is 0.796. The molecule has 7 heteroatoms. The summed E-state index contributed by atoms with van der Waals surface area (Å²) in [5.74, 6) is -0.544. The quantitative estimate of drug-likeness (QED) is 0.617. The molecule has 0 aliphatic heterocycles. The third-order valence-electron chi connectivity index (χ3n) is 2.59. The van der Waals surface area contributed by atoms with Gasteiger partial charge < -0.3 is 29.2 Å². The Labute approximate surface area is 123 Å². The Balaban J connectivity index is 2.52. The second kappa shape index (κ2) is 9.17. The molecule has 0 fully saturated rings. The largest absolute Gasteiger partial charge is 0.497 e. The van der Waals surface area contributed by atoms with Gasteiger partial charge in [0.05, 0.1) is 26.9 Å². The minimum Gasteiger partial charge on any atom is -0.497 e. The van der Waals surface area contributed by atoms with Gasteiger partial charge in [-0.05, 0) is 18.2 Å². The highest BCUT2D eigenvalue weighted by Crippen LogP contribution is 2.24. The first-order valence-electron chi connectivity index (χ1n) is 6.37. The van der Waals surface area contributed by atoms with E-state index < -0.39 is 12.1 Å². The van der Waals surface area contributed by atoms with Gasteiger partial charge in [-0.15, -0.1) is 0 Å². The van der Waals surface area contributed by atoms with Crippen molar-refractivity contribution in [3.8, 4) is 11.5 Å². The van der Waals surface area contributed by atoms with Gasteiger partial charge in [0, 0.05) is 7.11 Å². The van der Waals surface area contributed by atoms with E-state index in [1.807, 2.05) is 0 Å². The number of hydrogen-bond donors (Lipinski definition) is 2. The number of ether oxygens (including phenoxy) is 4. The first-order chi connectivity index (χ1) is 10.1. The van der Waals surface area contributed by atoms with Gasteiger partial charge in [-0.1, -0.05) is 0 Å². The summed E-state index contributed by atoms with van der Waals surface area (Å²) in [5, 5.41) is 18.8. The first-order valence-corrected chi connectivity index (χ1v) is 6.37. The van der Waals surface area contributed by atoms with Crippen molar-refractivity contribution in [1.82, 2.24) is 0 Å². The van der Waals surface area contributed by atoms with Crippen LogP contribution in [0.1, 0.15) is 10.4 Å². The molecule has 1 unspecified atom stereocenters. The number of aliphatic hydroxyl groups excluding tert-OH is 1. The van der Waals surface area contributed by atoms with E-state index in [2.05, 4.69) is 0 Å². The maximum Gasteiger partial charge on any atom is 0.339 e. The summed E-state index contributed by atoms with van der Waals surface area (Å²) in [6.07, 6.45) is -0.856. The van der Waals surface area contributed by atoms with E-state index in [0.717, 1.165) is 0 Å². The van der Waals surface area contributed by atoms with Crippen molar-refractivity contribution < 1.29 is 34.0 Å². The van der Waals surface area contributed by atoms with E-state index in [1.54, 1.807) is 13.2 Å². The van der Waals surface area contributed by atoms with Gasteiger partial charge >= 0.3 is 5.97 Å². The highest BCUT2D eigenvalue weighted by molar-refractivity contribution is 5.91. The van der Waals surface area contributed by atoms with Crippen LogP contribution in [-0.4, -0.2) is 62.9 Å². The molecule has 0 bridgehead atoms. The number of rotatable bonds is 10. The normalized spacial score (nSPS) is 12.0. The highest BCUT2D eigenvalue weighted by atomic mass is 16.5. The van der Waals surface area contributed by atoms with E-state index in [0.29, 0.717) is 19.0 Å². The van der Waals surface area contributed by atoms with E-state index in [4.69, 9.17) is 24.1 Å². The molecular formula is C14H20O7. The average Bonchev–Trinajstić information content (AvgIpc) is 2.49. The second-order valence-electron chi connectivity index (χ2n) is 4.20. The molecule has 118 valence electrons. The van der Waals surface area contributed by atoms with Crippen LogP contribution < -0.4 is 9.47 Å². The topological polar surface area (TPSA) is 94.5 Å². The summed E-state index contributed by atoms with van der Waals surface area (Å²) in [6.45, 7) is 0.827. The molecule has 0 amide bonds. The molecule has 0 radical (unpaired) electrons. The fraction of sp³-hybridized carbons (Fsp3) is 0.500. The molecule has 0 saturated heterocycles. The molecule has 0 spiro atoms. The van der Waals surface area contributed by atoms with Gasteiger partial charge in [-0.3, -0.25) is 0 Å². The van der Waals surface area contributed by atoms with Crippen molar-refractivity contribution in [3.05, 3.63) is 23.8 Å². The zero-order valence-corrected chi connectivity index (χ0v) is 12.1. The average molecular weight is 300 g/mol. The molecule has 1 aromatic rings. The fourth-order valence-corrected chi connectivity index (χ4v) is 1.52. The minimum atomic E-state index is -1.13. The van der Waals surface area contributed by atoms with Gasteiger partial charge in [-0.2, -0.15) is 0 Å². The lowest BCUT2D eigenvalue weighted by Gasteiger charge is -2.14. The molecule has 7 nitrogen and oxygen atoms in total. The number of hydrogen-bond acceptors (Lipinski definition) is 6. The van der Waals surface area contributed by atoms with Crippen LogP contribution in [0.15, 0.2) is 18.2 Å². The van der Waals surface area contributed by atoms with Crippen LogP contribution in [0.2, 0.25) is 0 Å². The lowest BCUT2D eigenvalue weighted by molar-refractivity contribution is -0.00439. The first kappa shape index (κ1) is 17.2. The summed E-state index contributed by atoms with van der Waals surface area (Å²) in [4.78, 5) is 11.1. The van der Waals surface area contributed by atoms with Gasteiger partial charge in [0.25, 0.3) is 0 Å². The molecule has 21 heavy (non-hydrogen) atoms. The molecule has 2 N–H and O–H groups in total. The molecule has 0 heterocycles. The Morgan fingerprint density at radius 2 is 2.00 bits per heavy atom. The van der Waals surface area contributed by atoms with Gasteiger partial charge in [0.1, 0.15) is 29.8 Å². The number of carbonyl (C=O) groups is 1. The van der Waals surface area contributed by atoms with Crippen molar-refractivity contribution in [2.75, 3.05) is 40.6 Å². The Morgan fingerprint density at radius 1 is 1.24 bits per heavy atom. The molecule has 0 aliphatic carbocycles. The van der Waals surface area contributed by atoms with E-state index >= 15 is 0 Å². The van der Waals surface area contributed by atoms with Crippen LogP contribution in [-0.2, 0) is 9.47 Å². The molecule has 1 rings (SSSR count). The van der Waals surface area contributed by atoms with Crippen molar-refractivity contribution in [3.63, 3.8) is 0 Å².